The van der Waals surface area contributed by atoms with E-state index < -0.39 is 6.10 Å². The van der Waals surface area contributed by atoms with Crippen LogP contribution in [0.1, 0.15) is 38.4 Å². The molecule has 0 aromatic heterocycles. The monoisotopic (exact) mass is 278 g/mol. The van der Waals surface area contributed by atoms with E-state index in [1.165, 1.54) is 0 Å². The Balaban J connectivity index is 2.66. The van der Waals surface area contributed by atoms with Crippen LogP contribution in [-0.4, -0.2) is 54.7 Å². The molecule has 0 aliphatic rings. The molecule has 0 amide bonds. The van der Waals surface area contributed by atoms with Crippen molar-refractivity contribution in [3.8, 4) is 0 Å². The van der Waals surface area contributed by atoms with Gasteiger partial charge in [0.25, 0.3) is 0 Å². The van der Waals surface area contributed by atoms with E-state index in [1.807, 2.05) is 30.3 Å². The first-order valence-electron chi connectivity index (χ1n) is 7.71. The Bertz CT molecular complexity index is 353. The Kier molecular flexibility index (Phi) is 7.82. The van der Waals surface area contributed by atoms with E-state index in [-0.39, 0.29) is 6.04 Å². The molecular weight excluding hydrogens is 248 g/mol. The zero-order chi connectivity index (χ0) is 15.0. The first-order valence-corrected chi connectivity index (χ1v) is 7.71. The van der Waals surface area contributed by atoms with Crippen LogP contribution in [0.2, 0.25) is 0 Å². The van der Waals surface area contributed by atoms with Crippen molar-refractivity contribution in [2.75, 3.05) is 33.7 Å². The highest BCUT2D eigenvalue weighted by atomic mass is 16.3. The Morgan fingerprint density at radius 3 is 2.20 bits per heavy atom. The van der Waals surface area contributed by atoms with Crippen LogP contribution in [0, 0.1) is 0 Å². The summed E-state index contributed by atoms with van der Waals surface area (Å²) in [6.45, 7) is 7.45. The number of aliphatic hydroxyl groups excluding tert-OH is 1. The number of benzene rings is 1. The molecule has 20 heavy (non-hydrogen) atoms. The summed E-state index contributed by atoms with van der Waals surface area (Å²) < 4.78 is 0. The normalized spacial score (nSPS) is 14.8. The van der Waals surface area contributed by atoms with E-state index in [0.29, 0.717) is 0 Å². The number of hydrogen-bond acceptors (Lipinski definition) is 3. The molecule has 0 fully saturated rings. The van der Waals surface area contributed by atoms with Gasteiger partial charge in [0.15, 0.2) is 0 Å². The molecule has 0 spiro atoms. The summed E-state index contributed by atoms with van der Waals surface area (Å²) in [5, 5.41) is 10.6. The Labute approximate surface area is 124 Å². The standard InChI is InChI=1S/C17H30N2O/c1-5-16(17(20)15-11-8-7-9-12-15)19(6-2)14-10-13-18(3)4/h7-9,11-12,16-17,20H,5-6,10,13-14H2,1-4H3. The fourth-order valence-electron chi connectivity index (χ4n) is 2.70. The molecule has 114 valence electrons. The van der Waals surface area contributed by atoms with Crippen LogP contribution in [0.3, 0.4) is 0 Å². The maximum Gasteiger partial charge on any atom is 0.0945 e. The molecule has 3 nitrogen and oxygen atoms in total. The summed E-state index contributed by atoms with van der Waals surface area (Å²) in [6, 6.07) is 10.2. The van der Waals surface area contributed by atoms with Gasteiger partial charge >= 0.3 is 0 Å². The lowest BCUT2D eigenvalue weighted by Crippen LogP contribution is -2.40. The number of aliphatic hydroxyl groups is 1. The molecule has 2 atom stereocenters. The van der Waals surface area contributed by atoms with Crippen LogP contribution in [0.15, 0.2) is 30.3 Å². The third-order valence-electron chi connectivity index (χ3n) is 3.85. The Morgan fingerprint density at radius 1 is 1.05 bits per heavy atom. The van der Waals surface area contributed by atoms with Crippen molar-refractivity contribution in [3.05, 3.63) is 35.9 Å². The van der Waals surface area contributed by atoms with Crippen molar-refractivity contribution < 1.29 is 5.11 Å². The van der Waals surface area contributed by atoms with Gasteiger partial charge in [-0.15, -0.1) is 0 Å². The summed E-state index contributed by atoms with van der Waals surface area (Å²) in [7, 11) is 4.21. The first-order chi connectivity index (χ1) is 9.60. The van der Waals surface area contributed by atoms with Crippen molar-refractivity contribution in [2.24, 2.45) is 0 Å². The topological polar surface area (TPSA) is 26.7 Å². The molecule has 1 rings (SSSR count). The lowest BCUT2D eigenvalue weighted by atomic mass is 9.98. The molecule has 0 aliphatic carbocycles. The van der Waals surface area contributed by atoms with E-state index >= 15 is 0 Å². The minimum Gasteiger partial charge on any atom is -0.387 e. The van der Waals surface area contributed by atoms with Crippen LogP contribution in [0.4, 0.5) is 0 Å². The third kappa shape index (κ3) is 5.23. The van der Waals surface area contributed by atoms with Gasteiger partial charge in [0, 0.05) is 6.04 Å². The van der Waals surface area contributed by atoms with Gasteiger partial charge in [-0.25, -0.2) is 0 Å². The molecular formula is C17H30N2O. The summed E-state index contributed by atoms with van der Waals surface area (Å²) in [6.07, 6.45) is 1.70. The highest BCUT2D eigenvalue weighted by molar-refractivity contribution is 5.18. The van der Waals surface area contributed by atoms with Crippen molar-refractivity contribution in [3.63, 3.8) is 0 Å². The maximum atomic E-state index is 10.6. The second kappa shape index (κ2) is 9.11. The third-order valence-corrected chi connectivity index (χ3v) is 3.85. The predicted octanol–water partition coefficient (Wildman–Crippen LogP) is 2.77. The van der Waals surface area contributed by atoms with Crippen molar-refractivity contribution >= 4 is 0 Å². The molecule has 1 N–H and O–H groups in total. The van der Waals surface area contributed by atoms with Crippen LogP contribution < -0.4 is 0 Å². The number of hydrogen-bond donors (Lipinski definition) is 1. The molecule has 0 bridgehead atoms. The van der Waals surface area contributed by atoms with Gasteiger partial charge in [0.2, 0.25) is 0 Å². The molecule has 1 aromatic carbocycles. The van der Waals surface area contributed by atoms with Crippen LogP contribution in [0.25, 0.3) is 0 Å². The Hall–Kier alpha value is -0.900. The van der Waals surface area contributed by atoms with Gasteiger partial charge < -0.3 is 10.0 Å². The van der Waals surface area contributed by atoms with Gasteiger partial charge in [0.05, 0.1) is 6.10 Å². The summed E-state index contributed by atoms with van der Waals surface area (Å²) >= 11 is 0. The van der Waals surface area contributed by atoms with E-state index in [2.05, 4.69) is 37.7 Å². The van der Waals surface area contributed by atoms with Crippen LogP contribution in [0.5, 0.6) is 0 Å². The smallest absolute Gasteiger partial charge is 0.0945 e. The minimum absolute atomic E-state index is 0.199. The lowest BCUT2D eigenvalue weighted by Gasteiger charge is -2.34. The summed E-state index contributed by atoms with van der Waals surface area (Å²) in [5.74, 6) is 0. The van der Waals surface area contributed by atoms with Crippen molar-refractivity contribution in [1.29, 1.82) is 0 Å². The highest BCUT2D eigenvalue weighted by Crippen LogP contribution is 2.23. The molecule has 0 saturated carbocycles. The molecule has 1 aromatic rings. The average molecular weight is 278 g/mol. The number of rotatable bonds is 9. The lowest BCUT2D eigenvalue weighted by molar-refractivity contribution is 0.0467. The zero-order valence-corrected chi connectivity index (χ0v) is 13.4. The molecule has 0 saturated heterocycles. The SMILES string of the molecule is CCC(C(O)c1ccccc1)N(CC)CCCN(C)C. The van der Waals surface area contributed by atoms with Crippen LogP contribution in [-0.2, 0) is 0 Å². The molecule has 2 unspecified atom stereocenters. The second-order valence-electron chi connectivity index (χ2n) is 5.62. The van der Waals surface area contributed by atoms with Gasteiger partial charge in [-0.3, -0.25) is 4.90 Å². The molecule has 0 heterocycles. The summed E-state index contributed by atoms with van der Waals surface area (Å²) in [4.78, 5) is 4.61. The fraction of sp³-hybridized carbons (Fsp3) is 0.647. The molecule has 0 radical (unpaired) electrons. The fourth-order valence-corrected chi connectivity index (χ4v) is 2.70. The van der Waals surface area contributed by atoms with E-state index in [1.54, 1.807) is 0 Å². The number of likely N-dealkylation sites (N-methyl/N-ethyl adjacent to an activating group) is 1. The predicted molar refractivity (Wildman–Crippen MR) is 85.9 cm³/mol. The largest absolute Gasteiger partial charge is 0.387 e. The first kappa shape index (κ1) is 17.2. The average Bonchev–Trinajstić information content (AvgIpc) is 2.46. The second-order valence-corrected chi connectivity index (χ2v) is 5.62. The molecule has 0 aliphatic heterocycles. The van der Waals surface area contributed by atoms with E-state index in [9.17, 15) is 5.11 Å². The molecule has 3 heteroatoms. The van der Waals surface area contributed by atoms with Gasteiger partial charge in [-0.2, -0.15) is 0 Å². The quantitative estimate of drug-likeness (QED) is 0.752. The highest BCUT2D eigenvalue weighted by Gasteiger charge is 2.24. The summed E-state index contributed by atoms with van der Waals surface area (Å²) in [5.41, 5.74) is 1.02. The van der Waals surface area contributed by atoms with Crippen molar-refractivity contribution in [2.45, 2.75) is 38.8 Å². The van der Waals surface area contributed by atoms with E-state index in [0.717, 1.165) is 38.0 Å². The van der Waals surface area contributed by atoms with Gasteiger partial charge in [-0.1, -0.05) is 44.2 Å². The zero-order valence-electron chi connectivity index (χ0n) is 13.4. The van der Waals surface area contributed by atoms with Crippen molar-refractivity contribution in [1.82, 2.24) is 9.80 Å². The maximum absolute atomic E-state index is 10.6. The van der Waals surface area contributed by atoms with E-state index in [4.69, 9.17) is 0 Å². The van der Waals surface area contributed by atoms with Gasteiger partial charge in [-0.05, 0) is 52.1 Å². The van der Waals surface area contributed by atoms with Gasteiger partial charge in [0.1, 0.15) is 0 Å². The number of nitrogens with zero attached hydrogens (tertiary/aromatic N) is 2. The minimum atomic E-state index is -0.402. The van der Waals surface area contributed by atoms with Crippen LogP contribution >= 0.6 is 0 Å². The Morgan fingerprint density at radius 2 is 1.70 bits per heavy atom.